The first-order valence-corrected chi connectivity index (χ1v) is 3.93. The first kappa shape index (κ1) is 6.94. The van der Waals surface area contributed by atoms with Crippen molar-refractivity contribution in [2.75, 3.05) is 0 Å². The Labute approximate surface area is 70.5 Å². The van der Waals surface area contributed by atoms with Gasteiger partial charge in [-0.2, -0.15) is 14.9 Å². The molecule has 0 bridgehead atoms. The van der Waals surface area contributed by atoms with Crippen molar-refractivity contribution in [3.63, 3.8) is 0 Å². The second-order valence-corrected chi connectivity index (χ2v) is 2.84. The number of aromatic nitrogens is 3. The molecule has 0 aromatic carbocycles. The molecular formula is C6H2N4OS. The lowest BCUT2D eigenvalue weighted by molar-refractivity contribution is 0.896. The van der Waals surface area contributed by atoms with E-state index in [1.54, 1.807) is 6.07 Å². The van der Waals surface area contributed by atoms with E-state index in [0.29, 0.717) is 4.96 Å². The van der Waals surface area contributed by atoms with Crippen LogP contribution in [0.3, 0.4) is 0 Å². The lowest BCUT2D eigenvalue weighted by Gasteiger charge is -1.88. The third-order valence-corrected chi connectivity index (χ3v) is 1.98. The highest BCUT2D eigenvalue weighted by Gasteiger charge is 2.02. The molecule has 2 aromatic rings. The predicted molar refractivity (Wildman–Crippen MR) is 41.8 cm³/mol. The van der Waals surface area contributed by atoms with Crippen LogP contribution in [-0.4, -0.2) is 14.6 Å². The molecule has 0 spiro atoms. The molecule has 0 fully saturated rings. The quantitative estimate of drug-likeness (QED) is 0.570. The van der Waals surface area contributed by atoms with Gasteiger partial charge in [-0.05, 0) is 0 Å². The van der Waals surface area contributed by atoms with E-state index in [4.69, 9.17) is 5.26 Å². The average Bonchev–Trinajstić information content (AvgIpc) is 2.52. The van der Waals surface area contributed by atoms with Crippen LogP contribution in [0.2, 0.25) is 0 Å². The van der Waals surface area contributed by atoms with Gasteiger partial charge >= 0.3 is 0 Å². The van der Waals surface area contributed by atoms with Crippen LogP contribution in [0.4, 0.5) is 0 Å². The third kappa shape index (κ3) is 0.879. The summed E-state index contributed by atoms with van der Waals surface area (Å²) in [5, 5.41) is 12.2. The monoisotopic (exact) mass is 178 g/mol. The molecule has 0 aliphatic heterocycles. The van der Waals surface area contributed by atoms with Crippen molar-refractivity contribution < 1.29 is 0 Å². The molecule has 5 nitrogen and oxygen atoms in total. The molecule has 0 atom stereocenters. The summed E-state index contributed by atoms with van der Waals surface area (Å²) < 4.78 is 1.16. The minimum absolute atomic E-state index is 0.129. The maximum absolute atomic E-state index is 11.1. The molecule has 0 unspecified atom stereocenters. The van der Waals surface area contributed by atoms with Gasteiger partial charge < -0.3 is 0 Å². The number of rotatable bonds is 0. The standard InChI is InChI=1S/C6H2N4OS/c7-2-4-1-5(11)10-6(9-4)12-3-8-10/h1,3H. The van der Waals surface area contributed by atoms with Crippen molar-refractivity contribution in [1.29, 1.82) is 5.26 Å². The highest BCUT2D eigenvalue weighted by molar-refractivity contribution is 7.14. The summed E-state index contributed by atoms with van der Waals surface area (Å²) in [6.45, 7) is 0. The zero-order chi connectivity index (χ0) is 8.55. The Hall–Kier alpha value is -1.74. The summed E-state index contributed by atoms with van der Waals surface area (Å²) in [6.07, 6.45) is 0. The van der Waals surface area contributed by atoms with Crippen molar-refractivity contribution in [2.24, 2.45) is 0 Å². The van der Waals surface area contributed by atoms with Crippen LogP contribution in [0, 0.1) is 11.3 Å². The average molecular weight is 178 g/mol. The fourth-order valence-electron chi connectivity index (χ4n) is 0.813. The number of nitriles is 1. The van der Waals surface area contributed by atoms with Gasteiger partial charge in [0, 0.05) is 6.07 Å². The van der Waals surface area contributed by atoms with E-state index in [-0.39, 0.29) is 11.3 Å². The number of nitrogens with zero attached hydrogens (tertiary/aromatic N) is 4. The molecule has 0 aliphatic carbocycles. The van der Waals surface area contributed by atoms with Crippen LogP contribution in [0.25, 0.3) is 4.96 Å². The van der Waals surface area contributed by atoms with Gasteiger partial charge in [-0.25, -0.2) is 4.98 Å². The number of hydrogen-bond acceptors (Lipinski definition) is 5. The van der Waals surface area contributed by atoms with E-state index >= 15 is 0 Å². The van der Waals surface area contributed by atoms with Crippen LogP contribution in [0.1, 0.15) is 5.69 Å². The van der Waals surface area contributed by atoms with E-state index in [1.807, 2.05) is 0 Å². The van der Waals surface area contributed by atoms with Gasteiger partial charge in [0.05, 0.1) is 0 Å². The maximum atomic E-state index is 11.1. The lowest BCUT2D eigenvalue weighted by atomic mass is 10.4. The largest absolute Gasteiger partial charge is 0.276 e. The molecular weight excluding hydrogens is 176 g/mol. The van der Waals surface area contributed by atoms with Gasteiger partial charge in [0.1, 0.15) is 17.3 Å². The van der Waals surface area contributed by atoms with Crippen LogP contribution < -0.4 is 5.56 Å². The molecule has 0 N–H and O–H groups in total. The molecule has 58 valence electrons. The van der Waals surface area contributed by atoms with Crippen molar-refractivity contribution in [2.45, 2.75) is 0 Å². The Morgan fingerprint density at radius 3 is 3.25 bits per heavy atom. The first-order chi connectivity index (χ1) is 5.81. The summed E-state index contributed by atoms with van der Waals surface area (Å²) >= 11 is 1.22. The number of fused-ring (bicyclic) bond motifs is 1. The summed E-state index contributed by atoms with van der Waals surface area (Å²) in [5.74, 6) is 0. The highest BCUT2D eigenvalue weighted by Crippen LogP contribution is 2.02. The molecule has 6 heteroatoms. The summed E-state index contributed by atoms with van der Waals surface area (Å²) in [5.41, 5.74) is 1.31. The van der Waals surface area contributed by atoms with Crippen molar-refractivity contribution in [1.82, 2.24) is 14.6 Å². The molecule has 2 aromatic heterocycles. The second kappa shape index (κ2) is 2.39. The summed E-state index contributed by atoms with van der Waals surface area (Å²) in [7, 11) is 0. The Kier molecular flexibility index (Phi) is 1.38. The summed E-state index contributed by atoms with van der Waals surface area (Å²) in [6, 6.07) is 2.96. The third-order valence-electron chi connectivity index (χ3n) is 1.30. The molecule has 12 heavy (non-hydrogen) atoms. The van der Waals surface area contributed by atoms with Gasteiger partial charge in [0.15, 0.2) is 0 Å². The van der Waals surface area contributed by atoms with E-state index in [0.717, 1.165) is 10.6 Å². The van der Waals surface area contributed by atoms with Gasteiger partial charge in [0.2, 0.25) is 4.96 Å². The molecule has 0 saturated heterocycles. The Morgan fingerprint density at radius 2 is 2.50 bits per heavy atom. The fraction of sp³-hybridized carbons (Fsp3) is 0. The lowest BCUT2D eigenvalue weighted by Crippen LogP contribution is -2.14. The van der Waals surface area contributed by atoms with Gasteiger partial charge in [-0.1, -0.05) is 11.3 Å². The van der Waals surface area contributed by atoms with Crippen LogP contribution in [0.5, 0.6) is 0 Å². The van der Waals surface area contributed by atoms with E-state index < -0.39 is 0 Å². The smallest absolute Gasteiger partial charge is 0.267 e. The van der Waals surface area contributed by atoms with Gasteiger partial charge in [-0.15, -0.1) is 0 Å². The van der Waals surface area contributed by atoms with Gasteiger partial charge in [-0.3, -0.25) is 4.79 Å². The van der Waals surface area contributed by atoms with Crippen molar-refractivity contribution in [3.05, 3.63) is 27.6 Å². The molecule has 2 rings (SSSR count). The maximum Gasteiger partial charge on any atom is 0.276 e. The summed E-state index contributed by atoms with van der Waals surface area (Å²) in [4.78, 5) is 15.5. The zero-order valence-electron chi connectivity index (χ0n) is 5.76. The molecule has 0 aliphatic rings. The molecule has 0 radical (unpaired) electrons. The Bertz CT molecular complexity index is 520. The number of hydrogen-bond donors (Lipinski definition) is 0. The normalized spacial score (nSPS) is 9.92. The van der Waals surface area contributed by atoms with Crippen molar-refractivity contribution >= 4 is 16.3 Å². The van der Waals surface area contributed by atoms with E-state index in [2.05, 4.69) is 10.1 Å². The predicted octanol–water partition coefficient (Wildman–Crippen LogP) is 0.0227. The van der Waals surface area contributed by atoms with Crippen molar-refractivity contribution in [3.8, 4) is 6.07 Å². The molecule has 0 saturated carbocycles. The molecule has 0 amide bonds. The topological polar surface area (TPSA) is 71.0 Å². The molecule has 2 heterocycles. The first-order valence-electron chi connectivity index (χ1n) is 3.05. The SMILES string of the molecule is N#Cc1cc(=O)n2ncsc2n1. The van der Waals surface area contributed by atoms with E-state index in [9.17, 15) is 4.79 Å². The Morgan fingerprint density at radius 1 is 1.67 bits per heavy atom. The minimum atomic E-state index is -0.321. The second-order valence-electron chi connectivity index (χ2n) is 2.02. The van der Waals surface area contributed by atoms with Crippen LogP contribution >= 0.6 is 11.3 Å². The van der Waals surface area contributed by atoms with E-state index in [1.165, 1.54) is 16.8 Å². The van der Waals surface area contributed by atoms with Crippen LogP contribution in [-0.2, 0) is 0 Å². The Balaban J connectivity index is 2.96. The fourth-order valence-corrected chi connectivity index (χ4v) is 1.44. The van der Waals surface area contributed by atoms with Crippen LogP contribution in [0.15, 0.2) is 16.4 Å². The highest BCUT2D eigenvalue weighted by atomic mass is 32.1. The minimum Gasteiger partial charge on any atom is -0.267 e. The zero-order valence-corrected chi connectivity index (χ0v) is 6.58. The van der Waals surface area contributed by atoms with Gasteiger partial charge in [0.25, 0.3) is 5.56 Å².